The van der Waals surface area contributed by atoms with Crippen LogP contribution in [0.1, 0.15) is 44.1 Å². The van der Waals surface area contributed by atoms with Gasteiger partial charge in [-0.3, -0.25) is 0 Å². The third-order valence-corrected chi connectivity index (χ3v) is 9.53. The molecular weight excluding hydrogens is 460 g/mol. The van der Waals surface area contributed by atoms with Crippen LogP contribution >= 0.6 is 39.5 Å². The number of hydrogen-bond acceptors (Lipinski definition) is 6. The van der Waals surface area contributed by atoms with Gasteiger partial charge in [0.05, 0.1) is 36.1 Å². The minimum absolute atomic E-state index is 0.0275. The van der Waals surface area contributed by atoms with Gasteiger partial charge in [-0.2, -0.15) is 0 Å². The molecule has 0 saturated carbocycles. The molecule has 2 spiro atoms. The van der Waals surface area contributed by atoms with E-state index in [1.807, 2.05) is 12.1 Å². The molecule has 1 aromatic rings. The van der Waals surface area contributed by atoms with Crippen molar-refractivity contribution in [3.05, 3.63) is 34.3 Å². The normalized spacial score (nSPS) is 32.6. The molecule has 4 rings (SSSR count). The average Bonchev–Trinajstić information content (AvgIpc) is 2.69. The number of hydrogen-bond donors (Lipinski definition) is 1. The summed E-state index contributed by atoms with van der Waals surface area (Å²) in [6, 6.07) is 8.25. The second-order valence-electron chi connectivity index (χ2n) is 7.95. The summed E-state index contributed by atoms with van der Waals surface area (Å²) >= 11 is 7.63. The van der Waals surface area contributed by atoms with Gasteiger partial charge in [-0.15, -0.1) is 23.5 Å². The zero-order chi connectivity index (χ0) is 19.5. The molecule has 0 aliphatic carbocycles. The molecule has 28 heavy (non-hydrogen) atoms. The number of aliphatic hydroxyl groups is 1. The zero-order valence-corrected chi connectivity index (χ0v) is 19.3. The molecule has 4 nitrogen and oxygen atoms in total. The first kappa shape index (κ1) is 21.5. The lowest BCUT2D eigenvalue weighted by molar-refractivity contribution is -0.322. The standard InChI is InChI=1S/C21H29BrO4S2/c22-17-6-4-16(5-7-17)13-24-14-19-11-21(27-9-2-10-28-21)15-20(26-19)8-1-3-18(12-23)25-20/h4-7,18-19,23H,1-3,8-15H2/t18-,19-,20-/m0/s1. The Morgan fingerprint density at radius 1 is 1.11 bits per heavy atom. The summed E-state index contributed by atoms with van der Waals surface area (Å²) in [4.78, 5) is 0. The molecule has 0 radical (unpaired) electrons. The summed E-state index contributed by atoms with van der Waals surface area (Å²) in [7, 11) is 0. The Morgan fingerprint density at radius 2 is 1.86 bits per heavy atom. The van der Waals surface area contributed by atoms with E-state index in [4.69, 9.17) is 14.2 Å². The first-order valence-electron chi connectivity index (χ1n) is 10.2. The molecular formula is C21H29BrO4S2. The minimum atomic E-state index is -0.563. The lowest BCUT2D eigenvalue weighted by Gasteiger charge is -2.53. The van der Waals surface area contributed by atoms with E-state index < -0.39 is 5.79 Å². The maximum Gasteiger partial charge on any atom is 0.171 e. The predicted octanol–water partition coefficient (Wildman–Crippen LogP) is 4.97. The number of halogens is 1. The number of benzene rings is 1. The SMILES string of the molecule is OC[C@@H]1CCC[C@]2(CC3(C[C@@H](COCc4ccc(Br)cc4)O2)SCCCS3)O1. The van der Waals surface area contributed by atoms with E-state index in [0.717, 1.165) is 36.6 Å². The lowest BCUT2D eigenvalue weighted by atomic mass is 9.92. The Kier molecular flexibility index (Phi) is 7.35. The predicted molar refractivity (Wildman–Crippen MR) is 119 cm³/mol. The second-order valence-corrected chi connectivity index (χ2v) is 12.1. The van der Waals surface area contributed by atoms with Crippen LogP contribution in [0.15, 0.2) is 28.7 Å². The van der Waals surface area contributed by atoms with Crippen LogP contribution in [0, 0.1) is 0 Å². The molecule has 3 fully saturated rings. The highest BCUT2D eigenvalue weighted by Crippen LogP contribution is 2.56. The molecule has 3 heterocycles. The van der Waals surface area contributed by atoms with E-state index in [2.05, 4.69) is 51.6 Å². The Hall–Kier alpha value is 0.240. The molecule has 3 atom stereocenters. The van der Waals surface area contributed by atoms with Crippen molar-refractivity contribution in [3.8, 4) is 0 Å². The van der Waals surface area contributed by atoms with Gasteiger partial charge < -0.3 is 19.3 Å². The smallest absolute Gasteiger partial charge is 0.171 e. The number of thioether (sulfide) groups is 2. The van der Waals surface area contributed by atoms with Crippen molar-refractivity contribution in [2.75, 3.05) is 24.7 Å². The van der Waals surface area contributed by atoms with Crippen molar-refractivity contribution in [1.29, 1.82) is 0 Å². The molecule has 7 heteroatoms. The van der Waals surface area contributed by atoms with Crippen LogP contribution in [0.3, 0.4) is 0 Å². The van der Waals surface area contributed by atoms with Gasteiger partial charge in [0.15, 0.2) is 5.79 Å². The van der Waals surface area contributed by atoms with E-state index in [0.29, 0.717) is 13.2 Å². The average molecular weight is 489 g/mol. The lowest BCUT2D eigenvalue weighted by Crippen LogP contribution is -2.56. The van der Waals surface area contributed by atoms with Crippen molar-refractivity contribution >= 4 is 39.5 Å². The Bertz CT molecular complexity index is 638. The zero-order valence-electron chi connectivity index (χ0n) is 16.1. The molecule has 3 saturated heterocycles. The van der Waals surface area contributed by atoms with Crippen LogP contribution in [0.4, 0.5) is 0 Å². The third-order valence-electron chi connectivity index (χ3n) is 5.63. The summed E-state index contributed by atoms with van der Waals surface area (Å²) < 4.78 is 20.2. The van der Waals surface area contributed by atoms with Gasteiger partial charge in [-0.25, -0.2) is 0 Å². The Labute approximate surface area is 184 Å². The molecule has 156 valence electrons. The third kappa shape index (κ3) is 5.29. The maximum absolute atomic E-state index is 9.64. The topological polar surface area (TPSA) is 47.9 Å². The van der Waals surface area contributed by atoms with Gasteiger partial charge in [0.1, 0.15) is 0 Å². The van der Waals surface area contributed by atoms with Gasteiger partial charge in [-0.1, -0.05) is 28.1 Å². The molecule has 3 aliphatic heterocycles. The summed E-state index contributed by atoms with van der Waals surface area (Å²) in [6.07, 6.45) is 5.98. The van der Waals surface area contributed by atoms with Gasteiger partial charge in [0.2, 0.25) is 0 Å². The Morgan fingerprint density at radius 3 is 2.61 bits per heavy atom. The van der Waals surface area contributed by atoms with Crippen molar-refractivity contribution in [2.24, 2.45) is 0 Å². The van der Waals surface area contributed by atoms with Crippen LogP contribution in [0.25, 0.3) is 0 Å². The Balaban J connectivity index is 1.42. The van der Waals surface area contributed by atoms with Gasteiger partial charge in [0, 0.05) is 17.3 Å². The summed E-state index contributed by atoms with van der Waals surface area (Å²) in [5, 5.41) is 9.64. The van der Waals surface area contributed by atoms with Gasteiger partial charge >= 0.3 is 0 Å². The molecule has 3 aliphatic rings. The van der Waals surface area contributed by atoms with Crippen LogP contribution in [0.5, 0.6) is 0 Å². The van der Waals surface area contributed by atoms with E-state index in [1.54, 1.807) is 0 Å². The summed E-state index contributed by atoms with van der Waals surface area (Å²) in [5.74, 6) is 1.85. The van der Waals surface area contributed by atoms with Crippen LogP contribution in [0.2, 0.25) is 0 Å². The quantitative estimate of drug-likeness (QED) is 0.631. The van der Waals surface area contributed by atoms with E-state index >= 15 is 0 Å². The first-order valence-corrected chi connectivity index (χ1v) is 12.9. The molecule has 1 N–H and O–H groups in total. The fourth-order valence-electron chi connectivity index (χ4n) is 4.40. The monoisotopic (exact) mass is 488 g/mol. The molecule has 0 amide bonds. The highest BCUT2D eigenvalue weighted by molar-refractivity contribution is 9.10. The van der Waals surface area contributed by atoms with Crippen LogP contribution in [-0.2, 0) is 20.8 Å². The molecule has 0 unspecified atom stereocenters. The van der Waals surface area contributed by atoms with E-state index in [1.165, 1.54) is 23.5 Å². The van der Waals surface area contributed by atoms with Crippen LogP contribution in [-0.4, -0.2) is 51.9 Å². The van der Waals surface area contributed by atoms with Crippen molar-refractivity contribution in [2.45, 2.75) is 67.2 Å². The molecule has 1 aromatic carbocycles. The number of rotatable bonds is 5. The summed E-state index contributed by atoms with van der Waals surface area (Å²) in [5.41, 5.74) is 1.17. The van der Waals surface area contributed by atoms with Crippen LogP contribution < -0.4 is 0 Å². The summed E-state index contributed by atoms with van der Waals surface area (Å²) in [6.45, 7) is 1.24. The molecule has 0 bridgehead atoms. The fourth-order valence-corrected chi connectivity index (χ4v) is 8.25. The maximum atomic E-state index is 9.64. The van der Waals surface area contributed by atoms with E-state index in [-0.39, 0.29) is 22.9 Å². The highest BCUT2D eigenvalue weighted by Gasteiger charge is 2.53. The molecule has 0 aromatic heterocycles. The van der Waals surface area contributed by atoms with Gasteiger partial charge in [-0.05, 0) is 54.9 Å². The highest BCUT2D eigenvalue weighted by atomic mass is 79.9. The van der Waals surface area contributed by atoms with Crippen molar-refractivity contribution < 1.29 is 19.3 Å². The van der Waals surface area contributed by atoms with Crippen molar-refractivity contribution in [3.63, 3.8) is 0 Å². The number of ether oxygens (including phenoxy) is 3. The minimum Gasteiger partial charge on any atom is -0.394 e. The first-order chi connectivity index (χ1) is 13.6. The van der Waals surface area contributed by atoms with Gasteiger partial charge in [0.25, 0.3) is 0 Å². The largest absolute Gasteiger partial charge is 0.394 e. The fraction of sp³-hybridized carbons (Fsp3) is 0.714. The van der Waals surface area contributed by atoms with Crippen molar-refractivity contribution in [1.82, 2.24) is 0 Å². The van der Waals surface area contributed by atoms with E-state index in [9.17, 15) is 5.11 Å². The second kappa shape index (κ2) is 9.58. The number of aliphatic hydroxyl groups excluding tert-OH is 1.